The second-order valence-corrected chi connectivity index (χ2v) is 2.73. The van der Waals surface area contributed by atoms with Crippen LogP contribution in [-0.4, -0.2) is 22.7 Å². The average molecular weight is 217 g/mol. The second-order valence-electron chi connectivity index (χ2n) is 2.73. The number of rotatable bonds is 2. The summed E-state index contributed by atoms with van der Waals surface area (Å²) in [5, 5.41) is 21.2. The fourth-order valence-electron chi connectivity index (χ4n) is 0.999. The van der Waals surface area contributed by atoms with Crippen molar-refractivity contribution in [3.8, 4) is 17.6 Å². The van der Waals surface area contributed by atoms with Gasteiger partial charge in [0.15, 0.2) is 0 Å². The molecule has 0 aliphatic heterocycles. The lowest BCUT2D eigenvalue weighted by Crippen LogP contribution is -1.96. The van der Waals surface area contributed by atoms with Crippen molar-refractivity contribution in [2.45, 2.75) is 0 Å². The lowest BCUT2D eigenvalue weighted by molar-refractivity contribution is 0.0694. The smallest absolute Gasteiger partial charge is 0.339 e. The van der Waals surface area contributed by atoms with Crippen molar-refractivity contribution in [3.05, 3.63) is 39.8 Å². The van der Waals surface area contributed by atoms with E-state index < -0.39 is 5.97 Å². The average Bonchev–Trinajstić information content (AvgIpc) is 2.24. The Morgan fingerprint density at radius 2 is 2.31 bits per heavy atom. The van der Waals surface area contributed by atoms with Crippen LogP contribution < -0.4 is 0 Å². The summed E-state index contributed by atoms with van der Waals surface area (Å²) in [6, 6.07) is 3.97. The van der Waals surface area contributed by atoms with E-state index in [0.717, 1.165) is 0 Å². The number of aromatic carboxylic acids is 1. The quantitative estimate of drug-likeness (QED) is 0.341. The third-order valence-electron chi connectivity index (χ3n) is 1.67. The largest absolute Gasteiger partial charge is 0.507 e. The first kappa shape index (κ1) is 11.4. The highest BCUT2D eigenvalue weighted by molar-refractivity contribution is 5.90. The number of nitrogens with zero attached hydrogens (tertiary/aromatic N) is 3. The third kappa shape index (κ3) is 2.94. The molecule has 0 aliphatic rings. The van der Waals surface area contributed by atoms with Gasteiger partial charge in [-0.1, -0.05) is 17.0 Å². The van der Waals surface area contributed by atoms with Gasteiger partial charge in [-0.25, -0.2) is 4.79 Å². The van der Waals surface area contributed by atoms with Gasteiger partial charge in [0.25, 0.3) is 0 Å². The van der Waals surface area contributed by atoms with E-state index in [1.807, 2.05) is 0 Å². The number of phenols is 1. The summed E-state index contributed by atoms with van der Waals surface area (Å²) in [4.78, 5) is 13.1. The van der Waals surface area contributed by atoms with Gasteiger partial charge in [0.1, 0.15) is 11.3 Å². The summed E-state index contributed by atoms with van der Waals surface area (Å²) in [5.74, 6) is 3.62. The number of azide groups is 1. The molecule has 0 bridgehead atoms. The molecule has 0 unspecified atom stereocenters. The normalized spacial score (nSPS) is 8.50. The monoisotopic (exact) mass is 217 g/mol. The standard InChI is InChI=1S/C10H7N3O3/c11-13-12-5-1-2-7-3-4-8(10(15)16)9(14)6-7/h3-4,6,14H,5H2,(H,15,16). The molecule has 0 aliphatic carbocycles. The van der Waals surface area contributed by atoms with Gasteiger partial charge in [-0.15, -0.1) is 0 Å². The van der Waals surface area contributed by atoms with Crippen molar-refractivity contribution >= 4 is 5.97 Å². The zero-order chi connectivity index (χ0) is 12.0. The zero-order valence-electron chi connectivity index (χ0n) is 8.08. The van der Waals surface area contributed by atoms with Crippen LogP contribution in [0.2, 0.25) is 0 Å². The summed E-state index contributed by atoms with van der Waals surface area (Å²) < 4.78 is 0. The zero-order valence-corrected chi connectivity index (χ0v) is 8.08. The molecule has 1 rings (SSSR count). The van der Waals surface area contributed by atoms with Gasteiger partial charge in [-0.2, -0.15) is 0 Å². The summed E-state index contributed by atoms with van der Waals surface area (Å²) >= 11 is 0. The maximum absolute atomic E-state index is 10.6. The van der Waals surface area contributed by atoms with Crippen LogP contribution in [0, 0.1) is 11.8 Å². The molecule has 16 heavy (non-hydrogen) atoms. The molecule has 0 heterocycles. The van der Waals surface area contributed by atoms with E-state index in [1.165, 1.54) is 18.2 Å². The van der Waals surface area contributed by atoms with E-state index in [4.69, 9.17) is 10.6 Å². The number of carboxylic acids is 1. The number of hydrogen-bond acceptors (Lipinski definition) is 3. The van der Waals surface area contributed by atoms with E-state index >= 15 is 0 Å². The van der Waals surface area contributed by atoms with Crippen LogP contribution >= 0.6 is 0 Å². The molecule has 6 nitrogen and oxygen atoms in total. The molecule has 2 N–H and O–H groups in total. The molecule has 0 fully saturated rings. The first-order valence-corrected chi connectivity index (χ1v) is 4.21. The molecule has 80 valence electrons. The van der Waals surface area contributed by atoms with E-state index in [0.29, 0.717) is 5.56 Å². The van der Waals surface area contributed by atoms with Crippen LogP contribution in [-0.2, 0) is 0 Å². The summed E-state index contributed by atoms with van der Waals surface area (Å²) in [5.41, 5.74) is 8.26. The van der Waals surface area contributed by atoms with Crippen LogP contribution in [0.15, 0.2) is 23.3 Å². The number of carbonyl (C=O) groups is 1. The van der Waals surface area contributed by atoms with Crippen molar-refractivity contribution in [3.63, 3.8) is 0 Å². The van der Waals surface area contributed by atoms with Gasteiger partial charge in [0.05, 0.1) is 6.54 Å². The van der Waals surface area contributed by atoms with E-state index in [-0.39, 0.29) is 17.9 Å². The number of benzene rings is 1. The van der Waals surface area contributed by atoms with Gasteiger partial charge >= 0.3 is 5.97 Å². The van der Waals surface area contributed by atoms with Crippen LogP contribution in [0.4, 0.5) is 0 Å². The van der Waals surface area contributed by atoms with Crippen molar-refractivity contribution in [2.24, 2.45) is 5.11 Å². The molecule has 6 heteroatoms. The molecule has 0 amide bonds. The van der Waals surface area contributed by atoms with Gasteiger partial charge in [-0.3, -0.25) is 0 Å². The molecule has 0 saturated heterocycles. The first-order valence-electron chi connectivity index (χ1n) is 4.21. The molecule has 1 aromatic rings. The maximum Gasteiger partial charge on any atom is 0.339 e. The Morgan fingerprint density at radius 3 is 2.88 bits per heavy atom. The molecule has 0 aromatic heterocycles. The molecule has 1 aromatic carbocycles. The summed E-state index contributed by atoms with van der Waals surface area (Å²) in [7, 11) is 0. The Morgan fingerprint density at radius 1 is 1.56 bits per heavy atom. The van der Waals surface area contributed by atoms with E-state index in [2.05, 4.69) is 21.9 Å². The fourth-order valence-corrected chi connectivity index (χ4v) is 0.999. The Bertz CT molecular complexity index is 522. The van der Waals surface area contributed by atoms with Gasteiger partial charge in [0.2, 0.25) is 0 Å². The van der Waals surface area contributed by atoms with Gasteiger partial charge in [-0.05, 0) is 23.7 Å². The lowest BCUT2D eigenvalue weighted by Gasteiger charge is -1.98. The van der Waals surface area contributed by atoms with Crippen molar-refractivity contribution in [2.75, 3.05) is 6.54 Å². The first-order chi connectivity index (χ1) is 7.65. The minimum Gasteiger partial charge on any atom is -0.507 e. The van der Waals surface area contributed by atoms with Crippen molar-refractivity contribution in [1.82, 2.24) is 0 Å². The van der Waals surface area contributed by atoms with Crippen LogP contribution in [0.25, 0.3) is 10.4 Å². The molecule has 0 saturated carbocycles. The highest BCUT2D eigenvalue weighted by Crippen LogP contribution is 2.17. The summed E-state index contributed by atoms with van der Waals surface area (Å²) in [6.07, 6.45) is 0. The van der Waals surface area contributed by atoms with Crippen LogP contribution in [0.1, 0.15) is 15.9 Å². The molecule has 0 spiro atoms. The Hall–Kier alpha value is -2.64. The van der Waals surface area contributed by atoms with Crippen LogP contribution in [0.5, 0.6) is 5.75 Å². The number of hydrogen-bond donors (Lipinski definition) is 2. The SMILES string of the molecule is [N-]=[N+]=NCC#Cc1ccc(C(=O)O)c(O)c1. The predicted molar refractivity (Wildman–Crippen MR) is 56.0 cm³/mol. The highest BCUT2D eigenvalue weighted by Gasteiger charge is 2.08. The second kappa shape index (κ2) is 5.29. The minimum absolute atomic E-state index is 0.0257. The predicted octanol–water partition coefficient (Wildman–Crippen LogP) is 1.75. The van der Waals surface area contributed by atoms with Gasteiger partial charge in [0, 0.05) is 10.5 Å². The Labute approximate surface area is 90.8 Å². The van der Waals surface area contributed by atoms with E-state index in [1.54, 1.807) is 0 Å². The Kier molecular flexibility index (Phi) is 3.78. The fraction of sp³-hybridized carbons (Fsp3) is 0.100. The topological polar surface area (TPSA) is 106 Å². The van der Waals surface area contributed by atoms with Crippen molar-refractivity contribution < 1.29 is 15.0 Å². The molecular formula is C10H7N3O3. The maximum atomic E-state index is 10.6. The molecule has 0 atom stereocenters. The number of carboxylic acid groups (broad SMARTS) is 1. The lowest BCUT2D eigenvalue weighted by atomic mass is 10.1. The third-order valence-corrected chi connectivity index (χ3v) is 1.67. The summed E-state index contributed by atoms with van der Waals surface area (Å²) in [6.45, 7) is 0.0257. The number of aromatic hydroxyl groups is 1. The molecular weight excluding hydrogens is 210 g/mol. The van der Waals surface area contributed by atoms with E-state index in [9.17, 15) is 9.90 Å². The van der Waals surface area contributed by atoms with Gasteiger partial charge < -0.3 is 10.2 Å². The minimum atomic E-state index is -1.20. The van der Waals surface area contributed by atoms with Crippen molar-refractivity contribution in [1.29, 1.82) is 0 Å². The van der Waals surface area contributed by atoms with Crippen LogP contribution in [0.3, 0.4) is 0 Å². The highest BCUT2D eigenvalue weighted by atomic mass is 16.4. The Balaban J connectivity index is 2.92. The molecule has 0 radical (unpaired) electrons.